The summed E-state index contributed by atoms with van der Waals surface area (Å²) < 4.78 is 0. The molecule has 6 heteroatoms. The van der Waals surface area contributed by atoms with Gasteiger partial charge in [-0.05, 0) is 48.7 Å². The molecule has 0 atom stereocenters. The number of halogens is 2. The van der Waals surface area contributed by atoms with Crippen molar-refractivity contribution >= 4 is 34.7 Å². The van der Waals surface area contributed by atoms with E-state index in [0.717, 1.165) is 11.1 Å². The second kappa shape index (κ2) is 8.31. The normalized spacial score (nSPS) is 11.6. The van der Waals surface area contributed by atoms with Gasteiger partial charge in [0, 0.05) is 12.2 Å². The topological polar surface area (TPSA) is 75.3 Å². The molecular weight excluding hydrogens is 347 g/mol. The number of allylic oxidation sites excluding steroid dienone is 2. The van der Waals surface area contributed by atoms with Crippen LogP contribution >= 0.6 is 23.2 Å². The predicted molar refractivity (Wildman–Crippen MR) is 97.7 cm³/mol. The van der Waals surface area contributed by atoms with Gasteiger partial charge in [-0.2, -0.15) is 0 Å². The molecule has 0 saturated heterocycles. The number of hydrogen-bond donors (Lipinski definition) is 3. The van der Waals surface area contributed by atoms with Gasteiger partial charge in [0.1, 0.15) is 0 Å². The van der Waals surface area contributed by atoms with E-state index in [9.17, 15) is 4.79 Å². The van der Waals surface area contributed by atoms with E-state index in [1.807, 2.05) is 36.7 Å². The van der Waals surface area contributed by atoms with Crippen molar-refractivity contribution in [3.63, 3.8) is 0 Å². The van der Waals surface area contributed by atoms with E-state index in [2.05, 4.69) is 0 Å². The van der Waals surface area contributed by atoms with Crippen molar-refractivity contribution in [2.45, 2.75) is 19.9 Å². The largest absolute Gasteiger partial charge is 0.399 e. The lowest BCUT2D eigenvalue weighted by Gasteiger charge is -2.09. The first-order valence-electron chi connectivity index (χ1n) is 7.32. The monoisotopic (exact) mass is 364 g/mol. The fraction of sp³-hybridized carbons (Fsp3) is 0.167. The van der Waals surface area contributed by atoms with Gasteiger partial charge >= 0.3 is 0 Å². The third-order valence-electron chi connectivity index (χ3n) is 3.53. The summed E-state index contributed by atoms with van der Waals surface area (Å²) in [5.41, 5.74) is 11.2. The Kier molecular flexibility index (Phi) is 6.40. The number of rotatable bonds is 6. The van der Waals surface area contributed by atoms with Crippen LogP contribution in [-0.2, 0) is 13.0 Å². The zero-order valence-corrected chi connectivity index (χ0v) is 14.7. The third kappa shape index (κ3) is 4.58. The molecule has 0 aliphatic rings. The summed E-state index contributed by atoms with van der Waals surface area (Å²) in [5.74, 6) is -0.266. The zero-order chi connectivity index (χ0) is 17.7. The standard InChI is InChI=1S/C18H18Cl2N2O2/c1-11(8-12-2-5-14(21)6-3-12)9-16(23)17-15(19)7-4-13(10-22-24)18(17)20/h2-7,9,22,24H,8,10,21H2,1H3/b11-9+. The molecule has 0 unspecified atom stereocenters. The number of ketones is 1. The molecule has 2 rings (SSSR count). The SMILES string of the molecule is C/C(=C\C(=O)c1c(Cl)ccc(CNO)c1Cl)Cc1ccc(N)cc1. The molecule has 2 aromatic carbocycles. The van der Waals surface area contributed by atoms with E-state index in [0.29, 0.717) is 17.7 Å². The molecule has 0 bridgehead atoms. The molecule has 0 aromatic heterocycles. The van der Waals surface area contributed by atoms with Gasteiger partial charge < -0.3 is 10.9 Å². The van der Waals surface area contributed by atoms with Crippen LogP contribution in [0.2, 0.25) is 10.0 Å². The van der Waals surface area contributed by atoms with Gasteiger partial charge in [0.25, 0.3) is 0 Å². The van der Waals surface area contributed by atoms with Gasteiger partial charge in [-0.25, -0.2) is 5.48 Å². The number of nitrogens with one attached hydrogen (secondary N) is 1. The number of carbonyl (C=O) groups excluding carboxylic acids is 1. The van der Waals surface area contributed by atoms with Crippen molar-refractivity contribution in [1.82, 2.24) is 5.48 Å². The minimum absolute atomic E-state index is 0.129. The third-order valence-corrected chi connectivity index (χ3v) is 4.27. The smallest absolute Gasteiger partial charge is 0.188 e. The van der Waals surface area contributed by atoms with Crippen molar-refractivity contribution in [3.8, 4) is 0 Å². The van der Waals surface area contributed by atoms with Crippen LogP contribution in [0.25, 0.3) is 0 Å². The number of hydrogen-bond acceptors (Lipinski definition) is 4. The Hall–Kier alpha value is -1.85. The van der Waals surface area contributed by atoms with Crippen molar-refractivity contribution in [3.05, 3.63) is 74.8 Å². The van der Waals surface area contributed by atoms with Gasteiger partial charge in [0.05, 0.1) is 15.6 Å². The minimum Gasteiger partial charge on any atom is -0.399 e. The molecule has 4 nitrogen and oxygen atoms in total. The number of benzene rings is 2. The molecule has 0 aliphatic heterocycles. The van der Waals surface area contributed by atoms with Crippen molar-refractivity contribution < 1.29 is 10.0 Å². The molecule has 0 amide bonds. The molecule has 0 saturated carbocycles. The highest BCUT2D eigenvalue weighted by Gasteiger charge is 2.16. The minimum atomic E-state index is -0.266. The lowest BCUT2D eigenvalue weighted by molar-refractivity contribution is 0.104. The van der Waals surface area contributed by atoms with Crippen LogP contribution in [-0.4, -0.2) is 11.0 Å². The van der Waals surface area contributed by atoms with Gasteiger partial charge in [-0.3, -0.25) is 4.79 Å². The summed E-state index contributed by atoms with van der Waals surface area (Å²) in [4.78, 5) is 12.5. The van der Waals surface area contributed by atoms with E-state index in [1.165, 1.54) is 6.08 Å². The molecule has 0 fully saturated rings. The maximum Gasteiger partial charge on any atom is 0.188 e. The van der Waals surface area contributed by atoms with Crippen LogP contribution in [0.3, 0.4) is 0 Å². The summed E-state index contributed by atoms with van der Waals surface area (Å²) in [6, 6.07) is 10.7. The maximum absolute atomic E-state index is 12.5. The second-order valence-electron chi connectivity index (χ2n) is 5.50. The highest BCUT2D eigenvalue weighted by atomic mass is 35.5. The van der Waals surface area contributed by atoms with Gasteiger partial charge in [-0.15, -0.1) is 0 Å². The molecule has 2 aromatic rings. The second-order valence-corrected chi connectivity index (χ2v) is 6.29. The van der Waals surface area contributed by atoms with E-state index in [-0.39, 0.29) is 27.9 Å². The van der Waals surface area contributed by atoms with Crippen LogP contribution in [0.4, 0.5) is 5.69 Å². The van der Waals surface area contributed by atoms with Crippen molar-refractivity contribution in [1.29, 1.82) is 0 Å². The first-order valence-corrected chi connectivity index (χ1v) is 8.07. The molecular formula is C18H18Cl2N2O2. The number of nitrogen functional groups attached to an aromatic ring is 1. The number of hydroxylamine groups is 1. The Labute approximate surface area is 150 Å². The Bertz CT molecular complexity index is 771. The summed E-state index contributed by atoms with van der Waals surface area (Å²) in [6.07, 6.45) is 2.15. The summed E-state index contributed by atoms with van der Waals surface area (Å²) in [7, 11) is 0. The van der Waals surface area contributed by atoms with Crippen molar-refractivity contribution in [2.24, 2.45) is 0 Å². The molecule has 126 valence electrons. The zero-order valence-electron chi connectivity index (χ0n) is 13.1. The predicted octanol–water partition coefficient (Wildman–Crippen LogP) is 4.43. The molecule has 4 N–H and O–H groups in total. The van der Waals surface area contributed by atoms with Gasteiger partial charge in [0.2, 0.25) is 0 Å². The van der Waals surface area contributed by atoms with E-state index >= 15 is 0 Å². The maximum atomic E-state index is 12.5. The molecule has 0 radical (unpaired) electrons. The van der Waals surface area contributed by atoms with E-state index < -0.39 is 0 Å². The van der Waals surface area contributed by atoms with Crippen LogP contribution in [0, 0.1) is 0 Å². The summed E-state index contributed by atoms with van der Waals surface area (Å²) >= 11 is 12.4. The molecule has 24 heavy (non-hydrogen) atoms. The van der Waals surface area contributed by atoms with Crippen LogP contribution in [0.15, 0.2) is 48.0 Å². The quantitative estimate of drug-likeness (QED) is 0.306. The Morgan fingerprint density at radius 3 is 2.50 bits per heavy atom. The van der Waals surface area contributed by atoms with E-state index in [4.69, 9.17) is 34.1 Å². The van der Waals surface area contributed by atoms with Gasteiger partial charge in [0.15, 0.2) is 5.78 Å². The highest BCUT2D eigenvalue weighted by Crippen LogP contribution is 2.29. The first-order chi connectivity index (χ1) is 11.4. The van der Waals surface area contributed by atoms with Crippen molar-refractivity contribution in [2.75, 3.05) is 5.73 Å². The molecule has 0 aliphatic carbocycles. The van der Waals surface area contributed by atoms with E-state index in [1.54, 1.807) is 12.1 Å². The Morgan fingerprint density at radius 1 is 1.21 bits per heavy atom. The molecule has 0 heterocycles. The fourth-order valence-corrected chi connectivity index (χ4v) is 2.97. The summed E-state index contributed by atoms with van der Waals surface area (Å²) in [6.45, 7) is 2.00. The Balaban J connectivity index is 2.24. The lowest BCUT2D eigenvalue weighted by atomic mass is 10.0. The first kappa shape index (κ1) is 18.5. The van der Waals surface area contributed by atoms with Crippen LogP contribution < -0.4 is 11.2 Å². The fourth-order valence-electron chi connectivity index (χ4n) is 2.35. The Morgan fingerprint density at radius 2 is 1.88 bits per heavy atom. The number of anilines is 1. The lowest BCUT2D eigenvalue weighted by Crippen LogP contribution is -2.09. The van der Waals surface area contributed by atoms with Gasteiger partial charge in [-0.1, -0.05) is 47.0 Å². The summed E-state index contributed by atoms with van der Waals surface area (Å²) in [5, 5.41) is 9.35. The molecule has 0 spiro atoms. The number of nitrogens with two attached hydrogens (primary N) is 1. The number of carbonyl (C=O) groups is 1. The van der Waals surface area contributed by atoms with Crippen LogP contribution in [0.1, 0.15) is 28.4 Å². The van der Waals surface area contributed by atoms with Crippen LogP contribution in [0.5, 0.6) is 0 Å². The average Bonchev–Trinajstić information content (AvgIpc) is 2.52. The highest BCUT2D eigenvalue weighted by molar-refractivity contribution is 6.41. The average molecular weight is 365 g/mol.